The fraction of sp³-hybridized carbons (Fsp3) is 0.444. The van der Waals surface area contributed by atoms with Crippen molar-refractivity contribution in [3.63, 3.8) is 0 Å². The minimum absolute atomic E-state index is 0.0693. The van der Waals surface area contributed by atoms with E-state index in [-0.39, 0.29) is 18.4 Å². The van der Waals surface area contributed by atoms with E-state index in [0.29, 0.717) is 30.8 Å². The van der Waals surface area contributed by atoms with Gasteiger partial charge >= 0.3 is 6.09 Å². The second kappa shape index (κ2) is 11.4. The van der Waals surface area contributed by atoms with E-state index in [1.165, 1.54) is 4.90 Å². The highest BCUT2D eigenvalue weighted by Crippen LogP contribution is 2.36. The Kier molecular flexibility index (Phi) is 8.02. The molecule has 0 spiro atoms. The molecule has 0 saturated carbocycles. The van der Waals surface area contributed by atoms with Crippen LogP contribution in [0.3, 0.4) is 0 Å². The summed E-state index contributed by atoms with van der Waals surface area (Å²) in [6.07, 6.45) is -0.0868. The first-order valence-electron chi connectivity index (χ1n) is 12.4. The van der Waals surface area contributed by atoms with Crippen LogP contribution in [-0.4, -0.2) is 71.4 Å². The minimum Gasteiger partial charge on any atom is -0.438 e. The molecule has 1 N–H and O–H groups in total. The Hall–Kier alpha value is -3.39. The lowest BCUT2D eigenvalue weighted by molar-refractivity contribution is -0.138. The zero-order valence-corrected chi connectivity index (χ0v) is 20.5. The Labute approximate surface area is 206 Å². The van der Waals surface area contributed by atoms with Crippen LogP contribution in [0.15, 0.2) is 54.6 Å². The number of rotatable bonds is 8. The maximum Gasteiger partial charge on any atom is 0.411 e. The molecule has 3 amide bonds. The molecule has 35 heavy (non-hydrogen) atoms. The highest BCUT2D eigenvalue weighted by molar-refractivity contribution is 5.91. The van der Waals surface area contributed by atoms with Gasteiger partial charge in [-0.15, -0.1) is 0 Å². The number of likely N-dealkylation sites (N-methyl/N-ethyl adjacent to an activating group) is 1. The summed E-state index contributed by atoms with van der Waals surface area (Å²) in [6.45, 7) is 8.17. The maximum atomic E-state index is 13.8. The molecule has 2 atom stereocenters. The lowest BCUT2D eigenvalue weighted by Gasteiger charge is -2.37. The van der Waals surface area contributed by atoms with Gasteiger partial charge in [0.25, 0.3) is 0 Å². The molecule has 2 heterocycles. The molecule has 0 aliphatic carbocycles. The lowest BCUT2D eigenvalue weighted by Crippen LogP contribution is -2.54. The van der Waals surface area contributed by atoms with E-state index >= 15 is 0 Å². The van der Waals surface area contributed by atoms with Gasteiger partial charge in [-0.25, -0.2) is 4.79 Å². The van der Waals surface area contributed by atoms with Crippen LogP contribution in [0.2, 0.25) is 0 Å². The highest BCUT2D eigenvalue weighted by Gasteiger charge is 2.48. The Balaban J connectivity index is 1.62. The molecule has 0 radical (unpaired) electrons. The van der Waals surface area contributed by atoms with Crippen LogP contribution in [0.1, 0.15) is 43.9 Å². The summed E-state index contributed by atoms with van der Waals surface area (Å²) in [4.78, 5) is 44.7. The summed E-state index contributed by atoms with van der Waals surface area (Å²) in [5.74, 6) is -0.173. The van der Waals surface area contributed by atoms with Crippen LogP contribution in [-0.2, 0) is 20.9 Å². The van der Waals surface area contributed by atoms with Crippen molar-refractivity contribution < 1.29 is 19.1 Å². The molecule has 2 aromatic carbocycles. The first-order chi connectivity index (χ1) is 17.0. The summed E-state index contributed by atoms with van der Waals surface area (Å²) in [5.41, 5.74) is 2.24. The van der Waals surface area contributed by atoms with Crippen molar-refractivity contribution >= 4 is 23.6 Å². The van der Waals surface area contributed by atoms with Gasteiger partial charge in [0.05, 0.1) is 6.54 Å². The van der Waals surface area contributed by atoms with Crippen LogP contribution in [0.4, 0.5) is 10.5 Å². The molecule has 2 saturated heterocycles. The third kappa shape index (κ3) is 5.82. The summed E-state index contributed by atoms with van der Waals surface area (Å²) in [7, 11) is 0. The second-order valence-corrected chi connectivity index (χ2v) is 9.05. The average Bonchev–Trinajstić information content (AvgIpc) is 3.20. The molecule has 2 unspecified atom stereocenters. The van der Waals surface area contributed by atoms with Crippen molar-refractivity contribution in [2.45, 2.75) is 45.4 Å². The van der Waals surface area contributed by atoms with Gasteiger partial charge in [-0.1, -0.05) is 56.3 Å². The molecule has 4 rings (SSSR count). The van der Waals surface area contributed by atoms with E-state index in [0.717, 1.165) is 31.6 Å². The molecule has 186 valence electrons. The number of benzene rings is 2. The molecule has 8 heteroatoms. The van der Waals surface area contributed by atoms with E-state index < -0.39 is 18.2 Å². The summed E-state index contributed by atoms with van der Waals surface area (Å²) in [6, 6.07) is 16.1. The van der Waals surface area contributed by atoms with Crippen molar-refractivity contribution in [2.75, 3.05) is 38.0 Å². The Morgan fingerprint density at radius 1 is 1.00 bits per heavy atom. The smallest absolute Gasteiger partial charge is 0.411 e. The van der Waals surface area contributed by atoms with Gasteiger partial charge in [-0.05, 0) is 36.2 Å². The zero-order valence-electron chi connectivity index (χ0n) is 20.5. The fourth-order valence-electron chi connectivity index (χ4n) is 4.69. The van der Waals surface area contributed by atoms with Crippen LogP contribution in [0.25, 0.3) is 0 Å². The lowest BCUT2D eigenvalue weighted by atomic mass is 9.99. The third-order valence-electron chi connectivity index (χ3n) is 6.64. The van der Waals surface area contributed by atoms with Crippen LogP contribution in [0.5, 0.6) is 0 Å². The first kappa shape index (κ1) is 24.7. The number of anilines is 1. The third-order valence-corrected chi connectivity index (χ3v) is 6.64. The molecule has 2 aliphatic heterocycles. The number of amides is 3. The molecular formula is C27H34N4O4. The van der Waals surface area contributed by atoms with Gasteiger partial charge in [-0.2, -0.15) is 0 Å². The molecular weight excluding hydrogens is 444 g/mol. The average molecular weight is 479 g/mol. The van der Waals surface area contributed by atoms with Crippen LogP contribution < -0.4 is 5.32 Å². The standard InChI is InChI=1S/C27H34N4O4/c1-3-9-23(32)28-22-13-8-12-21(18-22)25-24(26(33)30-16-14-29(4-2)15-17-30)31(27(34)35-25)19-20-10-6-5-7-11-20/h5-8,10-13,18,24-25H,3-4,9,14-17,19H2,1-2H3,(H,28,32). The molecule has 2 aliphatic rings. The number of ether oxygens (including phenoxy) is 1. The van der Waals surface area contributed by atoms with Crippen molar-refractivity contribution in [1.82, 2.24) is 14.7 Å². The van der Waals surface area contributed by atoms with E-state index in [1.54, 1.807) is 12.1 Å². The normalized spacial score (nSPS) is 20.6. The summed E-state index contributed by atoms with van der Waals surface area (Å²) < 4.78 is 5.82. The maximum absolute atomic E-state index is 13.8. The number of nitrogens with zero attached hydrogens (tertiary/aromatic N) is 3. The van der Waals surface area contributed by atoms with Gasteiger partial charge in [0.2, 0.25) is 11.8 Å². The van der Waals surface area contributed by atoms with Gasteiger partial charge in [0.15, 0.2) is 12.1 Å². The Bertz CT molecular complexity index is 1040. The van der Waals surface area contributed by atoms with Crippen molar-refractivity contribution in [2.24, 2.45) is 0 Å². The van der Waals surface area contributed by atoms with E-state index in [4.69, 9.17) is 4.74 Å². The second-order valence-electron chi connectivity index (χ2n) is 9.05. The topological polar surface area (TPSA) is 82.2 Å². The van der Waals surface area contributed by atoms with Gasteiger partial charge < -0.3 is 19.9 Å². The molecule has 8 nitrogen and oxygen atoms in total. The van der Waals surface area contributed by atoms with Crippen molar-refractivity contribution in [3.8, 4) is 0 Å². The Morgan fingerprint density at radius 3 is 2.43 bits per heavy atom. The number of hydrogen-bond acceptors (Lipinski definition) is 5. The van der Waals surface area contributed by atoms with Crippen molar-refractivity contribution in [1.29, 1.82) is 0 Å². The van der Waals surface area contributed by atoms with Crippen LogP contribution >= 0.6 is 0 Å². The van der Waals surface area contributed by atoms with E-state index in [9.17, 15) is 14.4 Å². The zero-order chi connectivity index (χ0) is 24.8. The monoisotopic (exact) mass is 478 g/mol. The van der Waals surface area contributed by atoms with Gasteiger partial charge in [-0.3, -0.25) is 14.5 Å². The quantitative estimate of drug-likeness (QED) is 0.626. The fourth-order valence-corrected chi connectivity index (χ4v) is 4.69. The van der Waals surface area contributed by atoms with Gasteiger partial charge in [0, 0.05) is 38.3 Å². The van der Waals surface area contributed by atoms with Crippen molar-refractivity contribution in [3.05, 3.63) is 65.7 Å². The van der Waals surface area contributed by atoms with E-state index in [1.807, 2.05) is 54.3 Å². The minimum atomic E-state index is -0.780. The number of carbonyl (C=O) groups is 3. The molecule has 2 fully saturated rings. The number of carbonyl (C=O) groups excluding carboxylic acids is 3. The Morgan fingerprint density at radius 2 is 1.74 bits per heavy atom. The number of hydrogen-bond donors (Lipinski definition) is 1. The SMILES string of the molecule is CCCC(=O)Nc1cccc(C2OC(=O)N(Cc3ccccc3)C2C(=O)N2CCN(CC)CC2)c1. The molecule has 2 aromatic rings. The summed E-state index contributed by atoms with van der Waals surface area (Å²) in [5, 5.41) is 2.89. The number of nitrogens with one attached hydrogen (secondary N) is 1. The largest absolute Gasteiger partial charge is 0.438 e. The van der Waals surface area contributed by atoms with Crippen LogP contribution in [0, 0.1) is 0 Å². The first-order valence-corrected chi connectivity index (χ1v) is 12.4. The number of cyclic esters (lactones) is 1. The number of piperazine rings is 1. The van der Waals surface area contributed by atoms with Gasteiger partial charge in [0.1, 0.15) is 0 Å². The molecule has 0 bridgehead atoms. The highest BCUT2D eigenvalue weighted by atomic mass is 16.6. The predicted octanol–water partition coefficient (Wildman–Crippen LogP) is 3.65. The van der Waals surface area contributed by atoms with E-state index in [2.05, 4.69) is 17.1 Å². The predicted molar refractivity (Wildman–Crippen MR) is 134 cm³/mol. The molecule has 0 aromatic heterocycles. The summed E-state index contributed by atoms with van der Waals surface area (Å²) >= 11 is 0.